The highest BCUT2D eigenvalue weighted by Crippen LogP contribution is 2.23. The summed E-state index contributed by atoms with van der Waals surface area (Å²) in [6, 6.07) is 15.3. The molecule has 5 aromatic rings. The van der Waals surface area contributed by atoms with Gasteiger partial charge in [0.05, 0.1) is 15.0 Å². The molecule has 0 bridgehead atoms. The van der Waals surface area contributed by atoms with Crippen LogP contribution in [0.15, 0.2) is 72.5 Å². The van der Waals surface area contributed by atoms with Crippen LogP contribution in [0.4, 0.5) is 0 Å². The van der Waals surface area contributed by atoms with E-state index >= 15 is 0 Å². The molecule has 3 aromatic heterocycles. The first-order valence-corrected chi connectivity index (χ1v) is 11.6. The summed E-state index contributed by atoms with van der Waals surface area (Å²) >= 11 is 2.94. The lowest BCUT2D eigenvalue weighted by Crippen LogP contribution is -2.23. The van der Waals surface area contributed by atoms with Crippen LogP contribution in [0.2, 0.25) is 0 Å². The van der Waals surface area contributed by atoms with E-state index in [1.165, 1.54) is 11.5 Å². The summed E-state index contributed by atoms with van der Waals surface area (Å²) in [5.41, 5.74) is 3.17. The molecule has 0 spiro atoms. The summed E-state index contributed by atoms with van der Waals surface area (Å²) < 4.78 is 6.13. The van der Waals surface area contributed by atoms with Crippen LogP contribution in [0.5, 0.6) is 0 Å². The Morgan fingerprint density at radius 1 is 0.812 bits per heavy atom. The second-order valence-electron chi connectivity index (χ2n) is 7.28. The number of aromatic nitrogens is 2. The highest BCUT2D eigenvalue weighted by atomic mass is 32.1. The highest BCUT2D eigenvalue weighted by molar-refractivity contribution is 7.17. The maximum absolute atomic E-state index is 12.6. The van der Waals surface area contributed by atoms with Gasteiger partial charge >= 0.3 is 0 Å². The number of hydrogen-bond donors (Lipinski definition) is 2. The van der Waals surface area contributed by atoms with Gasteiger partial charge in [-0.05, 0) is 46.2 Å². The SMILES string of the molecule is O=C(NCc1ccc(CNC(=O)c2cncc3sccc23)cc1)c1ccc2cnsc2c1. The van der Waals surface area contributed by atoms with Crippen molar-refractivity contribution in [2.24, 2.45) is 0 Å². The third-order valence-corrected chi connectivity index (χ3v) is 6.79. The molecule has 0 radical (unpaired) electrons. The van der Waals surface area contributed by atoms with Gasteiger partial charge in [0.2, 0.25) is 0 Å². The average Bonchev–Trinajstić information content (AvgIpc) is 3.50. The van der Waals surface area contributed by atoms with Crippen molar-refractivity contribution in [3.8, 4) is 0 Å². The fraction of sp³-hybridized carbons (Fsp3) is 0.0833. The van der Waals surface area contributed by atoms with Crippen molar-refractivity contribution in [3.63, 3.8) is 0 Å². The molecule has 0 saturated carbocycles. The fourth-order valence-electron chi connectivity index (χ4n) is 3.41. The van der Waals surface area contributed by atoms with Gasteiger partial charge in [0.15, 0.2) is 0 Å². The number of amides is 2. The van der Waals surface area contributed by atoms with Crippen LogP contribution in [0.3, 0.4) is 0 Å². The van der Waals surface area contributed by atoms with Gasteiger partial charge in [-0.1, -0.05) is 30.3 Å². The number of nitrogens with zero attached hydrogens (tertiary/aromatic N) is 2. The van der Waals surface area contributed by atoms with Crippen LogP contribution in [-0.4, -0.2) is 21.2 Å². The molecule has 158 valence electrons. The minimum atomic E-state index is -0.143. The van der Waals surface area contributed by atoms with Crippen LogP contribution in [0.1, 0.15) is 31.8 Å². The van der Waals surface area contributed by atoms with E-state index in [2.05, 4.69) is 20.0 Å². The monoisotopic (exact) mass is 458 g/mol. The summed E-state index contributed by atoms with van der Waals surface area (Å²) in [5, 5.41) is 9.82. The zero-order valence-corrected chi connectivity index (χ0v) is 18.5. The Morgan fingerprint density at radius 3 is 2.34 bits per heavy atom. The van der Waals surface area contributed by atoms with Gasteiger partial charge < -0.3 is 10.6 Å². The number of carbonyl (C=O) groups is 2. The first-order chi connectivity index (χ1) is 15.7. The standard InChI is InChI=1S/C24H18N4O2S2/c29-23(17-5-6-18-12-28-32-21(18)9-17)26-10-15-1-3-16(4-2-15)11-27-24(30)20-13-25-14-22-19(20)7-8-31-22/h1-9,12-14H,10-11H2,(H,26,29)(H,27,30). The third-order valence-electron chi connectivity index (χ3n) is 5.17. The smallest absolute Gasteiger partial charge is 0.253 e. The number of hydrogen-bond acceptors (Lipinski definition) is 6. The maximum Gasteiger partial charge on any atom is 0.253 e. The van der Waals surface area contributed by atoms with Crippen molar-refractivity contribution in [1.29, 1.82) is 0 Å². The lowest BCUT2D eigenvalue weighted by molar-refractivity contribution is 0.0943. The van der Waals surface area contributed by atoms with E-state index in [-0.39, 0.29) is 11.8 Å². The molecule has 0 fully saturated rings. The van der Waals surface area contributed by atoms with Crippen molar-refractivity contribution in [3.05, 3.63) is 94.8 Å². The molecule has 0 atom stereocenters. The Kier molecular flexibility index (Phi) is 5.62. The molecule has 3 heterocycles. The quantitative estimate of drug-likeness (QED) is 0.384. The van der Waals surface area contributed by atoms with Crippen LogP contribution < -0.4 is 10.6 Å². The summed E-state index contributed by atoms with van der Waals surface area (Å²) in [4.78, 5) is 29.2. The minimum absolute atomic E-state index is 0.118. The molecule has 2 N–H and O–H groups in total. The molecule has 8 heteroatoms. The van der Waals surface area contributed by atoms with Crippen LogP contribution in [-0.2, 0) is 13.1 Å². The van der Waals surface area contributed by atoms with Gasteiger partial charge in [0, 0.05) is 48.0 Å². The summed E-state index contributed by atoms with van der Waals surface area (Å²) in [6.07, 6.45) is 5.17. The molecule has 0 aliphatic rings. The van der Waals surface area contributed by atoms with E-state index < -0.39 is 0 Å². The van der Waals surface area contributed by atoms with Gasteiger partial charge in [-0.15, -0.1) is 11.3 Å². The van der Waals surface area contributed by atoms with Gasteiger partial charge in [0.1, 0.15) is 0 Å². The molecular formula is C24H18N4O2S2. The lowest BCUT2D eigenvalue weighted by atomic mass is 10.1. The number of thiophene rings is 1. The van der Waals surface area contributed by atoms with E-state index in [4.69, 9.17) is 0 Å². The normalized spacial score (nSPS) is 11.0. The Morgan fingerprint density at radius 2 is 1.56 bits per heavy atom. The predicted octanol–water partition coefficient (Wildman–Crippen LogP) is 4.77. The van der Waals surface area contributed by atoms with Gasteiger partial charge in [-0.3, -0.25) is 14.6 Å². The van der Waals surface area contributed by atoms with Crippen molar-refractivity contribution in [2.75, 3.05) is 0 Å². The molecule has 5 rings (SSSR count). The molecule has 2 aromatic carbocycles. The number of rotatable bonds is 6. The van der Waals surface area contributed by atoms with Gasteiger partial charge in [-0.2, -0.15) is 4.37 Å². The number of benzene rings is 2. The van der Waals surface area contributed by atoms with E-state index in [9.17, 15) is 9.59 Å². The molecule has 0 aliphatic heterocycles. The number of pyridine rings is 1. The summed E-state index contributed by atoms with van der Waals surface area (Å²) in [6.45, 7) is 0.846. The molecule has 32 heavy (non-hydrogen) atoms. The van der Waals surface area contributed by atoms with Crippen LogP contribution in [0, 0.1) is 0 Å². The Labute approximate surface area is 192 Å². The largest absolute Gasteiger partial charge is 0.348 e. The first-order valence-electron chi connectivity index (χ1n) is 9.97. The maximum atomic E-state index is 12.6. The molecule has 6 nitrogen and oxygen atoms in total. The van der Waals surface area contributed by atoms with Crippen LogP contribution in [0.25, 0.3) is 20.2 Å². The van der Waals surface area contributed by atoms with Crippen LogP contribution >= 0.6 is 22.9 Å². The molecule has 0 unspecified atom stereocenters. The zero-order chi connectivity index (χ0) is 21.9. The zero-order valence-electron chi connectivity index (χ0n) is 16.9. The molecule has 0 saturated heterocycles. The Hall–Kier alpha value is -3.62. The second kappa shape index (κ2) is 8.86. The fourth-order valence-corrected chi connectivity index (χ4v) is 4.87. The summed E-state index contributed by atoms with van der Waals surface area (Å²) in [7, 11) is 0. The van der Waals surface area contributed by atoms with Crippen molar-refractivity contribution >= 4 is 54.9 Å². The molecule has 0 aliphatic carbocycles. The van der Waals surface area contributed by atoms with Crippen molar-refractivity contribution in [2.45, 2.75) is 13.1 Å². The molecule has 2 amide bonds. The topological polar surface area (TPSA) is 84.0 Å². The van der Waals surface area contributed by atoms with Crippen molar-refractivity contribution in [1.82, 2.24) is 20.0 Å². The van der Waals surface area contributed by atoms with E-state index in [0.29, 0.717) is 24.2 Å². The Balaban J connectivity index is 1.16. The minimum Gasteiger partial charge on any atom is -0.348 e. The number of carbonyl (C=O) groups excluding carboxylic acids is 2. The lowest BCUT2D eigenvalue weighted by Gasteiger charge is -2.08. The summed E-state index contributed by atoms with van der Waals surface area (Å²) in [5.74, 6) is -0.261. The Bertz CT molecular complexity index is 1420. The van der Waals surface area contributed by atoms with Crippen molar-refractivity contribution < 1.29 is 9.59 Å². The van der Waals surface area contributed by atoms with Gasteiger partial charge in [0.25, 0.3) is 11.8 Å². The van der Waals surface area contributed by atoms with E-state index in [0.717, 1.165) is 31.3 Å². The highest BCUT2D eigenvalue weighted by Gasteiger charge is 2.11. The number of fused-ring (bicyclic) bond motifs is 2. The molecular weight excluding hydrogens is 440 g/mol. The third kappa shape index (κ3) is 4.23. The van der Waals surface area contributed by atoms with E-state index in [1.807, 2.05) is 53.9 Å². The average molecular weight is 459 g/mol. The second-order valence-corrected chi connectivity index (χ2v) is 9.06. The van der Waals surface area contributed by atoms with E-state index in [1.54, 1.807) is 29.9 Å². The van der Waals surface area contributed by atoms with Gasteiger partial charge in [-0.25, -0.2) is 0 Å². The first kappa shape index (κ1) is 20.3. The number of nitrogens with one attached hydrogen (secondary N) is 2. The predicted molar refractivity (Wildman–Crippen MR) is 128 cm³/mol.